The van der Waals surface area contributed by atoms with Crippen molar-refractivity contribution in [1.82, 2.24) is 0 Å². The zero-order chi connectivity index (χ0) is 10.7. The first-order valence-electron chi connectivity index (χ1n) is 5.32. The van der Waals surface area contributed by atoms with Crippen LogP contribution in [0, 0.1) is 16.7 Å². The fourth-order valence-electron chi connectivity index (χ4n) is 2.07. The smallest absolute Gasteiger partial charge is 0.0693 e. The van der Waals surface area contributed by atoms with E-state index in [1.165, 1.54) is 16.9 Å². The predicted molar refractivity (Wildman–Crippen MR) is 63.8 cm³/mol. The van der Waals surface area contributed by atoms with Crippen molar-refractivity contribution in [1.29, 1.82) is 5.26 Å². The first-order valence-corrected chi connectivity index (χ1v) is 6.55. The molecule has 1 aliphatic rings. The van der Waals surface area contributed by atoms with Crippen LogP contribution in [0.1, 0.15) is 24.8 Å². The lowest BCUT2D eigenvalue weighted by molar-refractivity contribution is 0.214. The van der Waals surface area contributed by atoms with E-state index in [4.69, 9.17) is 5.26 Å². The highest BCUT2D eigenvalue weighted by Gasteiger charge is 2.36. The molecule has 0 N–H and O–H groups in total. The van der Waals surface area contributed by atoms with Crippen LogP contribution >= 0.6 is 11.8 Å². The lowest BCUT2D eigenvalue weighted by Crippen LogP contribution is -2.29. The monoisotopic (exact) mass is 217 g/mol. The molecule has 0 atom stereocenters. The zero-order valence-electron chi connectivity index (χ0n) is 8.99. The maximum atomic E-state index is 9.14. The molecule has 0 spiro atoms. The van der Waals surface area contributed by atoms with Gasteiger partial charge in [-0.15, -0.1) is 11.8 Å². The van der Waals surface area contributed by atoms with E-state index in [1.807, 2.05) is 0 Å². The number of hydrogen-bond acceptors (Lipinski definition) is 2. The molecule has 0 amide bonds. The van der Waals surface area contributed by atoms with Gasteiger partial charge in [0, 0.05) is 4.90 Å². The summed E-state index contributed by atoms with van der Waals surface area (Å²) in [7, 11) is 0. The molecule has 1 fully saturated rings. The Bertz CT molecular complexity index is 371. The lowest BCUT2D eigenvalue weighted by atomic mass is 9.66. The summed E-state index contributed by atoms with van der Waals surface area (Å²) in [5.41, 5.74) is 1.26. The van der Waals surface area contributed by atoms with Gasteiger partial charge in [-0.2, -0.15) is 5.26 Å². The Labute approximate surface area is 95.5 Å². The summed E-state index contributed by atoms with van der Waals surface area (Å²) in [6, 6.07) is 11.1. The number of hydrogen-bond donors (Lipinski definition) is 0. The Hall–Kier alpha value is -0.940. The van der Waals surface area contributed by atoms with Gasteiger partial charge in [-0.1, -0.05) is 18.6 Å². The van der Waals surface area contributed by atoms with Gasteiger partial charge in [-0.3, -0.25) is 0 Å². The van der Waals surface area contributed by atoms with Crippen molar-refractivity contribution >= 4 is 11.8 Å². The summed E-state index contributed by atoms with van der Waals surface area (Å²) < 4.78 is 0. The number of nitriles is 1. The van der Waals surface area contributed by atoms with Gasteiger partial charge in [0.25, 0.3) is 0 Å². The van der Waals surface area contributed by atoms with Crippen LogP contribution < -0.4 is 0 Å². The summed E-state index contributed by atoms with van der Waals surface area (Å²) in [4.78, 5) is 1.29. The number of rotatable bonds is 3. The van der Waals surface area contributed by atoms with E-state index in [0.29, 0.717) is 0 Å². The van der Waals surface area contributed by atoms with E-state index in [2.05, 4.69) is 36.6 Å². The second kappa shape index (κ2) is 4.28. The van der Waals surface area contributed by atoms with Gasteiger partial charge in [-0.25, -0.2) is 0 Å². The minimum absolute atomic E-state index is 0.0408. The van der Waals surface area contributed by atoms with Crippen molar-refractivity contribution in [3.8, 4) is 6.07 Å². The van der Waals surface area contributed by atoms with E-state index in [9.17, 15) is 0 Å². The van der Waals surface area contributed by atoms with Gasteiger partial charge in [0.2, 0.25) is 0 Å². The Balaban J connectivity index is 2.08. The molecule has 0 radical (unpaired) electrons. The molecule has 0 aliphatic heterocycles. The average molecular weight is 217 g/mol. The molecule has 0 heterocycles. The van der Waals surface area contributed by atoms with Crippen LogP contribution in [0.2, 0.25) is 0 Å². The van der Waals surface area contributed by atoms with E-state index in [1.54, 1.807) is 11.8 Å². The molecule has 1 aromatic rings. The summed E-state index contributed by atoms with van der Waals surface area (Å²) >= 11 is 1.76. The maximum Gasteiger partial charge on any atom is 0.0693 e. The summed E-state index contributed by atoms with van der Waals surface area (Å²) in [6.45, 7) is 0. The topological polar surface area (TPSA) is 23.8 Å². The van der Waals surface area contributed by atoms with Gasteiger partial charge in [0.15, 0.2) is 0 Å². The van der Waals surface area contributed by atoms with Crippen molar-refractivity contribution < 1.29 is 0 Å². The molecule has 0 bridgehead atoms. The zero-order valence-corrected chi connectivity index (χ0v) is 9.81. The summed E-state index contributed by atoms with van der Waals surface area (Å²) in [6.07, 6.45) is 6.38. The Morgan fingerprint density at radius 3 is 2.40 bits per heavy atom. The second-order valence-corrected chi connectivity index (χ2v) is 5.15. The third kappa shape index (κ3) is 2.18. The minimum Gasteiger partial charge on any atom is -0.198 e. The Morgan fingerprint density at radius 2 is 2.00 bits per heavy atom. The summed E-state index contributed by atoms with van der Waals surface area (Å²) in [5, 5.41) is 9.14. The lowest BCUT2D eigenvalue weighted by Gasteiger charge is -2.35. The highest BCUT2D eigenvalue weighted by Crippen LogP contribution is 2.43. The fraction of sp³-hybridized carbons (Fsp3) is 0.462. The molecule has 0 unspecified atom stereocenters. The Kier molecular flexibility index (Phi) is 3.02. The van der Waals surface area contributed by atoms with Crippen LogP contribution in [0.3, 0.4) is 0 Å². The van der Waals surface area contributed by atoms with Crippen LogP contribution in [0.4, 0.5) is 0 Å². The van der Waals surface area contributed by atoms with Crippen LogP contribution in [0.5, 0.6) is 0 Å². The van der Waals surface area contributed by atoms with E-state index in [-0.39, 0.29) is 5.41 Å². The molecule has 1 nitrogen and oxygen atoms in total. The van der Waals surface area contributed by atoms with E-state index in [0.717, 1.165) is 19.3 Å². The number of benzene rings is 1. The molecule has 2 heteroatoms. The second-order valence-electron chi connectivity index (χ2n) is 4.27. The van der Waals surface area contributed by atoms with Crippen molar-refractivity contribution in [2.24, 2.45) is 5.41 Å². The molecule has 1 aromatic carbocycles. The van der Waals surface area contributed by atoms with E-state index < -0.39 is 0 Å². The Morgan fingerprint density at radius 1 is 1.33 bits per heavy atom. The van der Waals surface area contributed by atoms with Crippen molar-refractivity contribution in [2.75, 3.05) is 6.26 Å². The predicted octanol–water partition coefficient (Wildman–Crippen LogP) is 3.64. The summed E-state index contributed by atoms with van der Waals surface area (Å²) in [5.74, 6) is 0. The van der Waals surface area contributed by atoms with Gasteiger partial charge in [-0.05, 0) is 43.2 Å². The highest BCUT2D eigenvalue weighted by molar-refractivity contribution is 7.98. The first kappa shape index (κ1) is 10.6. The van der Waals surface area contributed by atoms with E-state index >= 15 is 0 Å². The molecule has 15 heavy (non-hydrogen) atoms. The van der Waals surface area contributed by atoms with Gasteiger partial charge in [0.05, 0.1) is 11.5 Å². The molecule has 1 aliphatic carbocycles. The number of thioether (sulfide) groups is 1. The van der Waals surface area contributed by atoms with Gasteiger partial charge in [0.1, 0.15) is 0 Å². The highest BCUT2D eigenvalue weighted by atomic mass is 32.2. The minimum atomic E-state index is -0.0408. The number of nitrogens with zero attached hydrogens (tertiary/aromatic N) is 1. The third-order valence-corrected chi connectivity index (χ3v) is 3.99. The van der Waals surface area contributed by atoms with Crippen LogP contribution in [-0.2, 0) is 6.42 Å². The molecule has 78 valence electrons. The van der Waals surface area contributed by atoms with Crippen molar-refractivity contribution in [2.45, 2.75) is 30.6 Å². The van der Waals surface area contributed by atoms with Crippen LogP contribution in [0.25, 0.3) is 0 Å². The maximum absolute atomic E-state index is 9.14. The fourth-order valence-corrected chi connectivity index (χ4v) is 2.47. The SMILES string of the molecule is CSc1ccc(CC2(C#N)CCC2)cc1. The normalized spacial score (nSPS) is 17.9. The largest absolute Gasteiger partial charge is 0.198 e. The molecule has 0 saturated heterocycles. The molecular weight excluding hydrogens is 202 g/mol. The molecular formula is C13H15NS. The molecule has 0 aromatic heterocycles. The van der Waals surface area contributed by atoms with Crippen LogP contribution in [0.15, 0.2) is 29.2 Å². The first-order chi connectivity index (χ1) is 7.28. The quantitative estimate of drug-likeness (QED) is 0.722. The standard InChI is InChI=1S/C13H15NS/c1-15-12-5-3-11(4-6-12)9-13(10-14)7-2-8-13/h3-6H,2,7-9H2,1H3. The third-order valence-electron chi connectivity index (χ3n) is 3.25. The van der Waals surface area contributed by atoms with Crippen molar-refractivity contribution in [3.63, 3.8) is 0 Å². The van der Waals surface area contributed by atoms with Crippen LogP contribution in [-0.4, -0.2) is 6.26 Å². The average Bonchev–Trinajstić information content (AvgIpc) is 2.24. The molecule has 2 rings (SSSR count). The van der Waals surface area contributed by atoms with Gasteiger partial charge < -0.3 is 0 Å². The van der Waals surface area contributed by atoms with Gasteiger partial charge >= 0.3 is 0 Å². The van der Waals surface area contributed by atoms with Crippen molar-refractivity contribution in [3.05, 3.63) is 29.8 Å². The molecule has 1 saturated carbocycles.